The fourth-order valence-electron chi connectivity index (χ4n) is 4.74. The van der Waals surface area contributed by atoms with Gasteiger partial charge in [0.1, 0.15) is 0 Å². The molecule has 0 amide bonds. The van der Waals surface area contributed by atoms with Crippen LogP contribution in [0.1, 0.15) is 168 Å². The van der Waals surface area contributed by atoms with Crippen molar-refractivity contribution in [3.8, 4) is 0 Å². The number of allylic oxidation sites excluding steroid dienone is 6. The molecule has 0 aliphatic heterocycles. The zero-order chi connectivity index (χ0) is 26.2. The number of hydrogen-bond acceptors (Lipinski definition) is 1. The topological polar surface area (TPSA) is 12.0 Å². The van der Waals surface area contributed by atoms with Gasteiger partial charge in [-0.25, -0.2) is 0 Å². The summed E-state index contributed by atoms with van der Waals surface area (Å²) in [6.07, 6.45) is 45.5. The third-order valence-corrected chi connectivity index (χ3v) is 7.28. The van der Waals surface area contributed by atoms with E-state index in [1.165, 1.54) is 161 Å². The fourth-order valence-corrected chi connectivity index (χ4v) is 4.74. The largest absolute Gasteiger partial charge is 0.317 e. The molecule has 1 nitrogen and oxygen atoms in total. The van der Waals surface area contributed by atoms with Crippen molar-refractivity contribution >= 4 is 0 Å². The standard InChI is InChI=1S/C35H67N/c1-4-6-8-10-11-12-13-14-15-16-17-18-21-25-29-33-36-34-30-26-22-19-20-24-28-32-35(3)31-27-23-9-7-5-2/h11-14,27,31,35-36H,4-10,15-26,28-30,32-34H2,1-3H3/b12-11+,14-13+,31-27+. The lowest BCUT2D eigenvalue weighted by atomic mass is 10.0. The van der Waals surface area contributed by atoms with E-state index in [9.17, 15) is 0 Å². The van der Waals surface area contributed by atoms with Crippen LogP contribution in [-0.4, -0.2) is 13.1 Å². The van der Waals surface area contributed by atoms with Crippen LogP contribution in [-0.2, 0) is 0 Å². The van der Waals surface area contributed by atoms with Gasteiger partial charge in [-0.1, -0.05) is 147 Å². The highest BCUT2D eigenvalue weighted by atomic mass is 14.8. The van der Waals surface area contributed by atoms with Crippen molar-refractivity contribution < 1.29 is 0 Å². The first-order valence-electron chi connectivity index (χ1n) is 16.5. The molecule has 0 spiro atoms. The molecule has 0 rings (SSSR count). The minimum Gasteiger partial charge on any atom is -0.317 e. The molecule has 36 heavy (non-hydrogen) atoms. The minimum absolute atomic E-state index is 0.775. The maximum atomic E-state index is 3.66. The van der Waals surface area contributed by atoms with E-state index in [1.54, 1.807) is 0 Å². The Morgan fingerprint density at radius 1 is 0.472 bits per heavy atom. The molecule has 1 atom stereocenters. The summed E-state index contributed by atoms with van der Waals surface area (Å²) in [6, 6.07) is 0. The van der Waals surface area contributed by atoms with E-state index in [-0.39, 0.29) is 0 Å². The molecule has 0 aliphatic carbocycles. The second-order valence-corrected chi connectivity index (χ2v) is 11.2. The first kappa shape index (κ1) is 35.2. The molecule has 0 aromatic rings. The molecular weight excluding hydrogens is 434 g/mol. The van der Waals surface area contributed by atoms with E-state index in [0.717, 1.165) is 5.92 Å². The highest BCUT2D eigenvalue weighted by molar-refractivity contribution is 5.02. The lowest BCUT2D eigenvalue weighted by Crippen LogP contribution is -2.16. The average Bonchev–Trinajstić information content (AvgIpc) is 2.88. The van der Waals surface area contributed by atoms with E-state index in [0.29, 0.717) is 0 Å². The van der Waals surface area contributed by atoms with Crippen LogP contribution in [0, 0.1) is 5.92 Å². The van der Waals surface area contributed by atoms with Gasteiger partial charge in [0.2, 0.25) is 0 Å². The van der Waals surface area contributed by atoms with E-state index in [2.05, 4.69) is 62.5 Å². The van der Waals surface area contributed by atoms with Crippen LogP contribution in [0.3, 0.4) is 0 Å². The van der Waals surface area contributed by atoms with Gasteiger partial charge in [-0.15, -0.1) is 0 Å². The quantitative estimate of drug-likeness (QED) is 0.0610. The van der Waals surface area contributed by atoms with Gasteiger partial charge < -0.3 is 5.32 Å². The molecular formula is C35H67N. The molecule has 0 radical (unpaired) electrons. The lowest BCUT2D eigenvalue weighted by molar-refractivity contribution is 0.520. The van der Waals surface area contributed by atoms with Crippen molar-refractivity contribution in [1.82, 2.24) is 5.32 Å². The third-order valence-electron chi connectivity index (χ3n) is 7.28. The van der Waals surface area contributed by atoms with Crippen molar-refractivity contribution in [1.29, 1.82) is 0 Å². The van der Waals surface area contributed by atoms with Gasteiger partial charge in [0, 0.05) is 0 Å². The van der Waals surface area contributed by atoms with Gasteiger partial charge in [-0.3, -0.25) is 0 Å². The van der Waals surface area contributed by atoms with Crippen LogP contribution in [0.2, 0.25) is 0 Å². The molecule has 0 aliphatic rings. The Bertz CT molecular complexity index is 475. The Balaban J connectivity index is 3.19. The summed E-state index contributed by atoms with van der Waals surface area (Å²) in [5, 5.41) is 3.66. The van der Waals surface area contributed by atoms with Crippen LogP contribution in [0.4, 0.5) is 0 Å². The van der Waals surface area contributed by atoms with Crippen LogP contribution in [0.5, 0.6) is 0 Å². The highest BCUT2D eigenvalue weighted by Crippen LogP contribution is 2.14. The van der Waals surface area contributed by atoms with Gasteiger partial charge in [0.15, 0.2) is 0 Å². The smallest absolute Gasteiger partial charge is 0.00489 e. The average molecular weight is 502 g/mol. The van der Waals surface area contributed by atoms with Crippen molar-refractivity contribution in [2.45, 2.75) is 168 Å². The highest BCUT2D eigenvalue weighted by Gasteiger charge is 1.98. The normalized spacial score (nSPS) is 13.1. The molecule has 0 saturated carbocycles. The summed E-state index contributed by atoms with van der Waals surface area (Å²) in [7, 11) is 0. The van der Waals surface area contributed by atoms with Crippen molar-refractivity contribution in [3.63, 3.8) is 0 Å². The zero-order valence-corrected chi connectivity index (χ0v) is 25.2. The molecule has 1 N–H and O–H groups in total. The summed E-state index contributed by atoms with van der Waals surface area (Å²) >= 11 is 0. The Morgan fingerprint density at radius 3 is 1.42 bits per heavy atom. The molecule has 0 bridgehead atoms. The predicted octanol–water partition coefficient (Wildman–Crippen LogP) is 11.9. The first-order chi connectivity index (χ1) is 17.8. The van der Waals surface area contributed by atoms with Gasteiger partial charge in [0.05, 0.1) is 0 Å². The van der Waals surface area contributed by atoms with Gasteiger partial charge in [-0.2, -0.15) is 0 Å². The van der Waals surface area contributed by atoms with Crippen LogP contribution in [0.15, 0.2) is 36.5 Å². The third kappa shape index (κ3) is 31.2. The maximum Gasteiger partial charge on any atom is -0.00489 e. The summed E-state index contributed by atoms with van der Waals surface area (Å²) in [6.45, 7) is 9.38. The zero-order valence-electron chi connectivity index (χ0n) is 25.2. The SMILES string of the molecule is CCCCC/C=C/C=C/CCCCCCCCNCCCCCCCCCC(C)/C=C/CCCCC. The molecule has 212 valence electrons. The maximum absolute atomic E-state index is 3.66. The van der Waals surface area contributed by atoms with Gasteiger partial charge in [-0.05, 0) is 76.8 Å². The molecule has 1 unspecified atom stereocenters. The molecule has 0 heterocycles. The summed E-state index contributed by atoms with van der Waals surface area (Å²) < 4.78 is 0. The van der Waals surface area contributed by atoms with E-state index >= 15 is 0 Å². The number of unbranched alkanes of at least 4 members (excludes halogenated alkanes) is 18. The van der Waals surface area contributed by atoms with Crippen molar-refractivity contribution in [2.75, 3.05) is 13.1 Å². The Morgan fingerprint density at radius 2 is 0.889 bits per heavy atom. The number of rotatable bonds is 29. The van der Waals surface area contributed by atoms with Crippen molar-refractivity contribution in [3.05, 3.63) is 36.5 Å². The van der Waals surface area contributed by atoms with E-state index in [4.69, 9.17) is 0 Å². The predicted molar refractivity (Wildman–Crippen MR) is 167 cm³/mol. The monoisotopic (exact) mass is 502 g/mol. The summed E-state index contributed by atoms with van der Waals surface area (Å²) in [5.74, 6) is 0.775. The summed E-state index contributed by atoms with van der Waals surface area (Å²) in [4.78, 5) is 0. The molecule has 0 aromatic carbocycles. The van der Waals surface area contributed by atoms with E-state index in [1.807, 2.05) is 0 Å². The van der Waals surface area contributed by atoms with Crippen LogP contribution >= 0.6 is 0 Å². The fraction of sp³-hybridized carbons (Fsp3) is 0.829. The van der Waals surface area contributed by atoms with E-state index < -0.39 is 0 Å². The van der Waals surface area contributed by atoms with Crippen LogP contribution in [0.25, 0.3) is 0 Å². The molecule has 0 aromatic heterocycles. The van der Waals surface area contributed by atoms with Crippen molar-refractivity contribution in [2.24, 2.45) is 5.92 Å². The molecule has 0 saturated heterocycles. The summed E-state index contributed by atoms with van der Waals surface area (Å²) in [5.41, 5.74) is 0. The lowest BCUT2D eigenvalue weighted by Gasteiger charge is -2.07. The number of nitrogens with one attached hydrogen (secondary N) is 1. The Hall–Kier alpha value is -0.820. The Labute approximate surface area is 229 Å². The second kappa shape index (κ2) is 32.2. The number of hydrogen-bond donors (Lipinski definition) is 1. The van der Waals surface area contributed by atoms with Gasteiger partial charge in [0.25, 0.3) is 0 Å². The molecule has 0 fully saturated rings. The minimum atomic E-state index is 0.775. The second-order valence-electron chi connectivity index (χ2n) is 11.2. The van der Waals surface area contributed by atoms with Gasteiger partial charge >= 0.3 is 0 Å². The Kier molecular flexibility index (Phi) is 31.5. The first-order valence-corrected chi connectivity index (χ1v) is 16.5. The van der Waals surface area contributed by atoms with Crippen LogP contribution < -0.4 is 5.32 Å². The molecule has 1 heteroatoms.